The number of thioether (sulfide) groups is 1. The first kappa shape index (κ1) is 10.1. The minimum Gasteiger partial charge on any atom is -0.333 e. The molecule has 0 spiro atoms. The lowest BCUT2D eigenvalue weighted by Gasteiger charge is -2.08. The molecule has 1 aliphatic heterocycles. The van der Waals surface area contributed by atoms with Crippen LogP contribution in [0.4, 0.5) is 0 Å². The fourth-order valence-electron chi connectivity index (χ4n) is 1.77. The molecule has 2 unspecified atom stereocenters. The van der Waals surface area contributed by atoms with E-state index in [1.807, 2.05) is 25.0 Å². The first-order valence-electron chi connectivity index (χ1n) is 5.11. The Balaban J connectivity index is 2.01. The summed E-state index contributed by atoms with van der Waals surface area (Å²) in [7, 11) is 0. The van der Waals surface area contributed by atoms with Crippen molar-refractivity contribution < 1.29 is 0 Å². The first-order chi connectivity index (χ1) is 6.75. The van der Waals surface area contributed by atoms with Crippen molar-refractivity contribution >= 4 is 11.8 Å². The van der Waals surface area contributed by atoms with Crippen molar-refractivity contribution in [2.24, 2.45) is 5.73 Å². The average molecular weight is 211 g/mol. The number of hydrogen-bond donors (Lipinski definition) is 1. The molecule has 3 nitrogen and oxygen atoms in total. The molecule has 4 heteroatoms. The van der Waals surface area contributed by atoms with E-state index in [0.717, 1.165) is 12.1 Å². The Morgan fingerprint density at radius 1 is 1.79 bits per heavy atom. The van der Waals surface area contributed by atoms with Crippen LogP contribution in [0, 0.1) is 0 Å². The fraction of sp³-hybridized carbons (Fsp3) is 0.700. The van der Waals surface area contributed by atoms with E-state index in [-0.39, 0.29) is 6.04 Å². The van der Waals surface area contributed by atoms with Crippen LogP contribution in [0.2, 0.25) is 0 Å². The molecule has 78 valence electrons. The van der Waals surface area contributed by atoms with Crippen LogP contribution in [0.25, 0.3) is 0 Å². The molecule has 0 radical (unpaired) electrons. The maximum atomic E-state index is 5.73. The van der Waals surface area contributed by atoms with Crippen LogP contribution >= 0.6 is 11.8 Å². The predicted molar refractivity (Wildman–Crippen MR) is 60.6 cm³/mol. The van der Waals surface area contributed by atoms with Gasteiger partial charge in [0.2, 0.25) is 0 Å². The van der Waals surface area contributed by atoms with Crippen LogP contribution in [0.1, 0.15) is 25.1 Å². The van der Waals surface area contributed by atoms with Gasteiger partial charge < -0.3 is 10.3 Å². The van der Waals surface area contributed by atoms with Gasteiger partial charge in [0, 0.05) is 30.5 Å². The third-order valence-corrected chi connectivity index (χ3v) is 3.66. The van der Waals surface area contributed by atoms with Gasteiger partial charge in [0.05, 0.1) is 12.0 Å². The topological polar surface area (TPSA) is 43.8 Å². The van der Waals surface area contributed by atoms with Gasteiger partial charge >= 0.3 is 0 Å². The first-order valence-corrected chi connectivity index (χ1v) is 6.27. The van der Waals surface area contributed by atoms with Gasteiger partial charge in [-0.15, -0.1) is 0 Å². The van der Waals surface area contributed by atoms with Crippen molar-refractivity contribution in [1.82, 2.24) is 9.55 Å². The van der Waals surface area contributed by atoms with E-state index in [1.54, 1.807) is 0 Å². The van der Waals surface area contributed by atoms with Crippen LogP contribution < -0.4 is 5.73 Å². The molecule has 0 amide bonds. The SMILES string of the molecule is CC(N)Cc1cn(C2CCSC2)cn1. The zero-order valence-electron chi connectivity index (χ0n) is 8.52. The van der Waals surface area contributed by atoms with Crippen molar-refractivity contribution in [3.63, 3.8) is 0 Å². The van der Waals surface area contributed by atoms with Gasteiger partial charge in [-0.2, -0.15) is 11.8 Å². The van der Waals surface area contributed by atoms with Gasteiger partial charge in [0.15, 0.2) is 0 Å². The Labute approximate surface area is 89.1 Å². The van der Waals surface area contributed by atoms with Crippen molar-refractivity contribution in [1.29, 1.82) is 0 Å². The third-order valence-electron chi connectivity index (χ3n) is 2.51. The van der Waals surface area contributed by atoms with E-state index in [9.17, 15) is 0 Å². The molecule has 2 N–H and O–H groups in total. The Morgan fingerprint density at radius 2 is 2.64 bits per heavy atom. The van der Waals surface area contributed by atoms with Crippen LogP contribution in [-0.4, -0.2) is 27.1 Å². The lowest BCUT2D eigenvalue weighted by atomic mass is 10.2. The highest BCUT2D eigenvalue weighted by atomic mass is 32.2. The normalized spacial score (nSPS) is 24.0. The minimum atomic E-state index is 0.205. The average Bonchev–Trinajstić information content (AvgIpc) is 2.69. The second kappa shape index (κ2) is 4.36. The standard InChI is InChI=1S/C10H17N3S/c1-8(11)4-9-5-13(7-12-9)10-2-3-14-6-10/h5,7-8,10H,2-4,6,11H2,1H3. The quantitative estimate of drug-likeness (QED) is 0.823. The van der Waals surface area contributed by atoms with Gasteiger partial charge in [-0.3, -0.25) is 0 Å². The number of nitrogens with two attached hydrogens (primary N) is 1. The van der Waals surface area contributed by atoms with E-state index in [1.165, 1.54) is 17.9 Å². The van der Waals surface area contributed by atoms with Crippen LogP contribution in [-0.2, 0) is 6.42 Å². The fourth-order valence-corrected chi connectivity index (χ4v) is 2.99. The van der Waals surface area contributed by atoms with Crippen LogP contribution in [0.15, 0.2) is 12.5 Å². The van der Waals surface area contributed by atoms with Crippen molar-refractivity contribution in [2.45, 2.75) is 31.8 Å². The molecule has 1 aromatic heterocycles. The second-order valence-electron chi connectivity index (χ2n) is 4.01. The van der Waals surface area contributed by atoms with E-state index < -0.39 is 0 Å². The molecule has 2 heterocycles. The molecule has 2 atom stereocenters. The monoisotopic (exact) mass is 211 g/mol. The van der Waals surface area contributed by atoms with E-state index in [2.05, 4.69) is 15.7 Å². The van der Waals surface area contributed by atoms with Gasteiger partial charge in [0.25, 0.3) is 0 Å². The molecule has 1 aromatic rings. The summed E-state index contributed by atoms with van der Waals surface area (Å²) >= 11 is 2.03. The van der Waals surface area contributed by atoms with Crippen LogP contribution in [0.5, 0.6) is 0 Å². The largest absolute Gasteiger partial charge is 0.333 e. The Morgan fingerprint density at radius 3 is 3.29 bits per heavy atom. The smallest absolute Gasteiger partial charge is 0.0952 e. The molecule has 0 aliphatic carbocycles. The summed E-state index contributed by atoms with van der Waals surface area (Å²) in [5.41, 5.74) is 6.86. The van der Waals surface area contributed by atoms with Crippen molar-refractivity contribution in [3.05, 3.63) is 18.2 Å². The van der Waals surface area contributed by atoms with Crippen molar-refractivity contribution in [3.8, 4) is 0 Å². The summed E-state index contributed by atoms with van der Waals surface area (Å²) < 4.78 is 2.25. The molecular formula is C10H17N3S. The summed E-state index contributed by atoms with van der Waals surface area (Å²) in [5, 5.41) is 0. The number of nitrogens with zero attached hydrogens (tertiary/aromatic N) is 2. The highest BCUT2D eigenvalue weighted by Gasteiger charge is 2.17. The Kier molecular flexibility index (Phi) is 3.13. The van der Waals surface area contributed by atoms with E-state index in [0.29, 0.717) is 6.04 Å². The zero-order valence-corrected chi connectivity index (χ0v) is 9.33. The van der Waals surface area contributed by atoms with Gasteiger partial charge in [-0.25, -0.2) is 4.98 Å². The Bertz CT molecular complexity index is 289. The molecule has 1 fully saturated rings. The molecule has 14 heavy (non-hydrogen) atoms. The van der Waals surface area contributed by atoms with E-state index in [4.69, 9.17) is 5.73 Å². The number of aromatic nitrogens is 2. The zero-order chi connectivity index (χ0) is 9.97. The summed E-state index contributed by atoms with van der Waals surface area (Å²) in [4.78, 5) is 4.37. The van der Waals surface area contributed by atoms with Crippen LogP contribution in [0.3, 0.4) is 0 Å². The van der Waals surface area contributed by atoms with Gasteiger partial charge in [-0.1, -0.05) is 0 Å². The molecule has 0 bridgehead atoms. The number of rotatable bonds is 3. The van der Waals surface area contributed by atoms with Gasteiger partial charge in [-0.05, 0) is 19.1 Å². The van der Waals surface area contributed by atoms with Crippen molar-refractivity contribution in [2.75, 3.05) is 11.5 Å². The number of imidazole rings is 1. The Hall–Kier alpha value is -0.480. The minimum absolute atomic E-state index is 0.205. The third kappa shape index (κ3) is 2.30. The van der Waals surface area contributed by atoms with Gasteiger partial charge in [0.1, 0.15) is 0 Å². The molecule has 2 rings (SSSR count). The molecule has 0 saturated carbocycles. The molecule has 0 aromatic carbocycles. The maximum absolute atomic E-state index is 5.73. The summed E-state index contributed by atoms with van der Waals surface area (Å²) in [6.07, 6.45) is 6.26. The second-order valence-corrected chi connectivity index (χ2v) is 5.16. The number of hydrogen-bond acceptors (Lipinski definition) is 3. The maximum Gasteiger partial charge on any atom is 0.0952 e. The lowest BCUT2D eigenvalue weighted by Crippen LogP contribution is -2.17. The highest BCUT2D eigenvalue weighted by Crippen LogP contribution is 2.27. The highest BCUT2D eigenvalue weighted by molar-refractivity contribution is 7.99. The summed E-state index contributed by atoms with van der Waals surface area (Å²) in [6.45, 7) is 2.02. The molecular weight excluding hydrogens is 194 g/mol. The molecule has 1 saturated heterocycles. The molecule has 1 aliphatic rings. The lowest BCUT2D eigenvalue weighted by molar-refractivity contribution is 0.559. The summed E-state index contributed by atoms with van der Waals surface area (Å²) in [6, 6.07) is 0.866. The van der Waals surface area contributed by atoms with E-state index >= 15 is 0 Å². The summed E-state index contributed by atoms with van der Waals surface area (Å²) in [5.74, 6) is 2.51. The predicted octanol–water partition coefficient (Wildman–Crippen LogP) is 1.45.